The Morgan fingerprint density at radius 2 is 1.88 bits per heavy atom. The van der Waals surface area contributed by atoms with E-state index in [2.05, 4.69) is 39.3 Å². The second kappa shape index (κ2) is 7.31. The van der Waals surface area contributed by atoms with E-state index in [0.717, 1.165) is 6.42 Å². The van der Waals surface area contributed by atoms with Gasteiger partial charge in [0.1, 0.15) is 4.88 Å². The lowest BCUT2D eigenvalue weighted by atomic mass is 10.1. The van der Waals surface area contributed by atoms with Crippen molar-refractivity contribution in [2.24, 2.45) is 0 Å². The molecule has 0 bridgehead atoms. The third kappa shape index (κ3) is 3.65. The number of benzene rings is 1. The maximum absolute atomic E-state index is 12.4. The van der Waals surface area contributed by atoms with Crippen molar-refractivity contribution in [2.45, 2.75) is 20.3 Å². The molecule has 3 rings (SSSR count). The molecular formula is C18H18N4OS. The summed E-state index contributed by atoms with van der Waals surface area (Å²) in [4.78, 5) is 25.8. The third-order valence-electron chi connectivity index (χ3n) is 3.70. The van der Waals surface area contributed by atoms with Crippen LogP contribution in [0.15, 0.2) is 42.7 Å². The van der Waals surface area contributed by atoms with E-state index < -0.39 is 0 Å². The minimum atomic E-state index is -0.0965. The molecule has 6 heteroatoms. The Morgan fingerprint density at radius 1 is 1.12 bits per heavy atom. The van der Waals surface area contributed by atoms with Gasteiger partial charge in [0.05, 0.1) is 5.69 Å². The van der Waals surface area contributed by atoms with Gasteiger partial charge >= 0.3 is 0 Å². The predicted octanol–water partition coefficient (Wildman–Crippen LogP) is 3.19. The first-order valence-corrected chi connectivity index (χ1v) is 8.54. The lowest BCUT2D eigenvalue weighted by Gasteiger charge is -2.06. The second-order valence-electron chi connectivity index (χ2n) is 5.44. The molecule has 2 aromatic heterocycles. The molecule has 0 aliphatic rings. The molecule has 0 aliphatic carbocycles. The zero-order valence-electron chi connectivity index (χ0n) is 13.6. The highest BCUT2D eigenvalue weighted by Crippen LogP contribution is 2.24. The van der Waals surface area contributed by atoms with E-state index in [1.807, 2.05) is 19.1 Å². The summed E-state index contributed by atoms with van der Waals surface area (Å²) in [5.41, 5.74) is 3.19. The van der Waals surface area contributed by atoms with Crippen molar-refractivity contribution in [1.29, 1.82) is 0 Å². The Morgan fingerprint density at radius 3 is 2.62 bits per heavy atom. The minimum Gasteiger partial charge on any atom is -0.351 e. The smallest absolute Gasteiger partial charge is 0.263 e. The largest absolute Gasteiger partial charge is 0.351 e. The summed E-state index contributed by atoms with van der Waals surface area (Å²) in [6.07, 6.45) is 4.15. The van der Waals surface area contributed by atoms with Crippen LogP contribution in [0.5, 0.6) is 0 Å². The van der Waals surface area contributed by atoms with E-state index >= 15 is 0 Å². The van der Waals surface area contributed by atoms with Crippen LogP contribution in [0.3, 0.4) is 0 Å². The number of rotatable bonds is 5. The van der Waals surface area contributed by atoms with Gasteiger partial charge in [-0.25, -0.2) is 15.0 Å². The summed E-state index contributed by atoms with van der Waals surface area (Å²) in [7, 11) is 0. The third-order valence-corrected chi connectivity index (χ3v) is 4.85. The summed E-state index contributed by atoms with van der Waals surface area (Å²) in [5, 5.41) is 3.63. The van der Waals surface area contributed by atoms with Crippen molar-refractivity contribution in [1.82, 2.24) is 20.3 Å². The average molecular weight is 338 g/mol. The van der Waals surface area contributed by atoms with Crippen LogP contribution in [0.1, 0.15) is 26.5 Å². The quantitative estimate of drug-likeness (QED) is 0.776. The van der Waals surface area contributed by atoms with Gasteiger partial charge in [-0.3, -0.25) is 4.79 Å². The summed E-state index contributed by atoms with van der Waals surface area (Å²) in [5.74, 6) is 0.449. The van der Waals surface area contributed by atoms with Gasteiger partial charge in [0.2, 0.25) is 0 Å². The number of carbonyl (C=O) groups excluding carboxylic acids is 1. The fourth-order valence-electron chi connectivity index (χ4n) is 2.39. The standard InChI is InChI=1S/C18H18N4OS/c1-12-6-3-4-7-14(12)8-11-21-17(23)15-13(2)22-18(24-15)16-19-9-5-10-20-16/h3-7,9-10H,8,11H2,1-2H3,(H,21,23). The first-order valence-electron chi connectivity index (χ1n) is 7.72. The Bertz CT molecular complexity index is 845. The van der Waals surface area contributed by atoms with Crippen molar-refractivity contribution in [2.75, 3.05) is 6.54 Å². The average Bonchev–Trinajstić information content (AvgIpc) is 2.99. The maximum Gasteiger partial charge on any atom is 0.263 e. The van der Waals surface area contributed by atoms with Crippen molar-refractivity contribution < 1.29 is 4.79 Å². The van der Waals surface area contributed by atoms with Crippen LogP contribution in [0, 0.1) is 13.8 Å². The van der Waals surface area contributed by atoms with E-state index in [0.29, 0.717) is 27.9 Å². The fourth-order valence-corrected chi connectivity index (χ4v) is 3.32. The summed E-state index contributed by atoms with van der Waals surface area (Å²) >= 11 is 1.32. The Hall–Kier alpha value is -2.60. The molecule has 2 heterocycles. The molecule has 0 unspecified atom stereocenters. The number of nitrogens with one attached hydrogen (secondary N) is 1. The highest BCUT2D eigenvalue weighted by Gasteiger charge is 2.17. The molecule has 0 fully saturated rings. The molecule has 3 aromatic rings. The number of aryl methyl sites for hydroxylation is 2. The fraction of sp³-hybridized carbons (Fsp3) is 0.222. The second-order valence-corrected chi connectivity index (χ2v) is 6.44. The van der Waals surface area contributed by atoms with Crippen LogP contribution in [0.25, 0.3) is 10.8 Å². The van der Waals surface area contributed by atoms with Gasteiger partial charge in [-0.05, 0) is 37.5 Å². The lowest BCUT2D eigenvalue weighted by Crippen LogP contribution is -2.25. The number of hydrogen-bond acceptors (Lipinski definition) is 5. The molecule has 1 N–H and O–H groups in total. The number of carbonyl (C=O) groups is 1. The molecule has 0 spiro atoms. The number of thiazole rings is 1. The van der Waals surface area contributed by atoms with Crippen LogP contribution in [-0.2, 0) is 6.42 Å². The molecule has 5 nitrogen and oxygen atoms in total. The molecule has 1 aromatic carbocycles. The van der Waals surface area contributed by atoms with Crippen molar-refractivity contribution in [3.8, 4) is 10.8 Å². The monoisotopic (exact) mass is 338 g/mol. The van der Waals surface area contributed by atoms with Gasteiger partial charge in [0.15, 0.2) is 10.8 Å². The van der Waals surface area contributed by atoms with Gasteiger partial charge in [0, 0.05) is 18.9 Å². The Balaban J connectivity index is 1.65. The number of amides is 1. The zero-order valence-corrected chi connectivity index (χ0v) is 14.4. The molecule has 24 heavy (non-hydrogen) atoms. The highest BCUT2D eigenvalue weighted by molar-refractivity contribution is 7.17. The van der Waals surface area contributed by atoms with Crippen LogP contribution in [-0.4, -0.2) is 27.4 Å². The van der Waals surface area contributed by atoms with Crippen LogP contribution in [0.4, 0.5) is 0 Å². The first-order chi connectivity index (χ1) is 11.6. The SMILES string of the molecule is Cc1ccccc1CCNC(=O)c1sc(-c2ncccn2)nc1C. The summed E-state index contributed by atoms with van der Waals surface area (Å²) in [6.45, 7) is 4.51. The normalized spacial score (nSPS) is 10.6. The molecule has 1 amide bonds. The van der Waals surface area contributed by atoms with Crippen LogP contribution in [0.2, 0.25) is 0 Å². The first kappa shape index (κ1) is 16.3. The molecule has 0 saturated carbocycles. The van der Waals surface area contributed by atoms with Crippen molar-refractivity contribution >= 4 is 17.2 Å². The summed E-state index contributed by atoms with van der Waals surface area (Å²) in [6, 6.07) is 9.96. The number of nitrogens with zero attached hydrogens (tertiary/aromatic N) is 3. The van der Waals surface area contributed by atoms with Crippen LogP contribution >= 0.6 is 11.3 Å². The summed E-state index contributed by atoms with van der Waals surface area (Å²) < 4.78 is 0. The topological polar surface area (TPSA) is 67.8 Å². The number of aromatic nitrogens is 3. The maximum atomic E-state index is 12.4. The molecule has 0 saturated heterocycles. The molecule has 0 aliphatic heterocycles. The van der Waals surface area contributed by atoms with Gasteiger partial charge in [-0.15, -0.1) is 11.3 Å². The number of hydrogen-bond donors (Lipinski definition) is 1. The highest BCUT2D eigenvalue weighted by atomic mass is 32.1. The van der Waals surface area contributed by atoms with Gasteiger partial charge < -0.3 is 5.32 Å². The van der Waals surface area contributed by atoms with E-state index in [1.54, 1.807) is 18.5 Å². The predicted molar refractivity (Wildman–Crippen MR) is 95.1 cm³/mol. The van der Waals surface area contributed by atoms with Crippen LogP contribution < -0.4 is 5.32 Å². The molecular weight excluding hydrogens is 320 g/mol. The van der Waals surface area contributed by atoms with E-state index in [4.69, 9.17) is 0 Å². The van der Waals surface area contributed by atoms with Gasteiger partial charge in [-0.2, -0.15) is 0 Å². The van der Waals surface area contributed by atoms with Crippen molar-refractivity contribution in [3.63, 3.8) is 0 Å². The zero-order chi connectivity index (χ0) is 16.9. The molecule has 0 radical (unpaired) electrons. The van der Waals surface area contributed by atoms with E-state index in [9.17, 15) is 4.79 Å². The Labute approximate surface area is 144 Å². The van der Waals surface area contributed by atoms with E-state index in [-0.39, 0.29) is 5.91 Å². The lowest BCUT2D eigenvalue weighted by molar-refractivity contribution is 0.0957. The molecule has 0 atom stereocenters. The molecule has 122 valence electrons. The van der Waals surface area contributed by atoms with E-state index in [1.165, 1.54) is 22.5 Å². The van der Waals surface area contributed by atoms with Gasteiger partial charge in [-0.1, -0.05) is 24.3 Å². The minimum absolute atomic E-state index is 0.0965. The van der Waals surface area contributed by atoms with Crippen molar-refractivity contribution in [3.05, 3.63) is 64.4 Å². The van der Waals surface area contributed by atoms with Gasteiger partial charge in [0.25, 0.3) is 5.91 Å². The Kier molecular flexibility index (Phi) is 4.96.